The van der Waals surface area contributed by atoms with Crippen molar-refractivity contribution in [2.45, 2.75) is 70.1 Å². The minimum Gasteiger partial charge on any atom is -0.364 e. The lowest BCUT2D eigenvalue weighted by molar-refractivity contribution is -0.155. The van der Waals surface area contributed by atoms with E-state index in [1.165, 1.54) is 6.26 Å². The number of aromatic nitrogens is 1. The molecule has 3 aliphatic rings. The van der Waals surface area contributed by atoms with Gasteiger partial charge in [-0.25, -0.2) is 4.39 Å². The van der Waals surface area contributed by atoms with E-state index in [1.54, 1.807) is 6.07 Å². The van der Waals surface area contributed by atoms with E-state index < -0.39 is 11.6 Å². The predicted molar refractivity (Wildman–Crippen MR) is 91.8 cm³/mol. The third-order valence-electron chi connectivity index (χ3n) is 6.35. The molecule has 26 heavy (non-hydrogen) atoms. The minimum atomic E-state index is -0.820. The number of hydrogen-bond acceptors (Lipinski definition) is 4. The van der Waals surface area contributed by atoms with Crippen LogP contribution in [0, 0.1) is 11.3 Å². The molecule has 3 atom stereocenters. The van der Waals surface area contributed by atoms with Crippen LogP contribution in [0.1, 0.15) is 51.1 Å². The summed E-state index contributed by atoms with van der Waals surface area (Å²) in [4.78, 5) is 27.0. The number of alkyl halides is 1. The van der Waals surface area contributed by atoms with Gasteiger partial charge in [0, 0.05) is 24.7 Å². The molecule has 3 heterocycles. The van der Waals surface area contributed by atoms with Gasteiger partial charge in [0.05, 0.1) is 17.5 Å². The van der Waals surface area contributed by atoms with Crippen molar-refractivity contribution in [3.05, 3.63) is 18.0 Å². The van der Waals surface area contributed by atoms with Gasteiger partial charge in [-0.05, 0) is 44.4 Å². The molecule has 2 aliphatic heterocycles. The van der Waals surface area contributed by atoms with Gasteiger partial charge in [0.15, 0.2) is 0 Å². The van der Waals surface area contributed by atoms with Crippen LogP contribution in [-0.2, 0) is 16.0 Å². The Hall–Kier alpha value is -1.92. The first-order valence-corrected chi connectivity index (χ1v) is 9.57. The van der Waals surface area contributed by atoms with Gasteiger partial charge < -0.3 is 14.7 Å². The zero-order valence-electron chi connectivity index (χ0n) is 15.1. The van der Waals surface area contributed by atoms with Gasteiger partial charge in [0.25, 0.3) is 0 Å². The Morgan fingerprint density at radius 2 is 2.04 bits per heavy atom. The topological polar surface area (TPSA) is 75.4 Å². The second-order valence-corrected chi connectivity index (χ2v) is 8.47. The molecule has 4 rings (SSSR count). The van der Waals surface area contributed by atoms with E-state index in [2.05, 4.69) is 15.4 Å². The second kappa shape index (κ2) is 6.67. The largest absolute Gasteiger partial charge is 0.364 e. The number of halogens is 1. The minimum absolute atomic E-state index is 0.0549. The molecule has 142 valence electrons. The molecule has 7 heteroatoms. The summed E-state index contributed by atoms with van der Waals surface area (Å²) in [6.07, 6.45) is 5.48. The lowest BCUT2D eigenvalue weighted by Gasteiger charge is -2.47. The van der Waals surface area contributed by atoms with Crippen molar-refractivity contribution in [2.75, 3.05) is 6.54 Å². The fourth-order valence-electron chi connectivity index (χ4n) is 5.01. The molecule has 6 nitrogen and oxygen atoms in total. The molecule has 0 radical (unpaired) electrons. The highest BCUT2D eigenvalue weighted by atomic mass is 19.1. The molecular formula is C19H26FN3O3. The van der Waals surface area contributed by atoms with Crippen molar-refractivity contribution in [3.8, 4) is 0 Å². The second-order valence-electron chi connectivity index (χ2n) is 8.47. The van der Waals surface area contributed by atoms with Crippen molar-refractivity contribution in [2.24, 2.45) is 11.3 Å². The Morgan fingerprint density at radius 1 is 1.35 bits per heavy atom. The van der Waals surface area contributed by atoms with Crippen molar-refractivity contribution in [3.63, 3.8) is 0 Å². The molecule has 1 unspecified atom stereocenters. The molecule has 1 aliphatic carbocycles. The quantitative estimate of drug-likeness (QED) is 0.871. The third-order valence-corrected chi connectivity index (χ3v) is 6.35. The van der Waals surface area contributed by atoms with Gasteiger partial charge in [-0.1, -0.05) is 12.1 Å². The standard InChI is InChI=1S/C19H26FN3O3/c1-19(9-13(20)10-19)18(25)23-15-2-3-16(23)7-12(6-15)11-21-17(24)8-14-4-5-26-22-14/h4-5,12-13,15-16H,2-3,6-11H2,1H3,(H,21,24)/t12?,13?,15-,16+,19?. The summed E-state index contributed by atoms with van der Waals surface area (Å²) in [5.41, 5.74) is 0.127. The van der Waals surface area contributed by atoms with Crippen molar-refractivity contribution >= 4 is 11.8 Å². The van der Waals surface area contributed by atoms with Crippen molar-refractivity contribution in [1.82, 2.24) is 15.4 Å². The van der Waals surface area contributed by atoms with Gasteiger partial charge in [-0.2, -0.15) is 0 Å². The maximum Gasteiger partial charge on any atom is 0.229 e. The van der Waals surface area contributed by atoms with Gasteiger partial charge >= 0.3 is 0 Å². The maximum absolute atomic E-state index is 13.3. The molecule has 3 fully saturated rings. The summed E-state index contributed by atoms with van der Waals surface area (Å²) in [6, 6.07) is 2.18. The highest BCUT2D eigenvalue weighted by Crippen LogP contribution is 2.48. The van der Waals surface area contributed by atoms with Gasteiger partial charge in [-0.15, -0.1) is 0 Å². The van der Waals surface area contributed by atoms with Gasteiger partial charge in [0.1, 0.15) is 12.4 Å². The smallest absolute Gasteiger partial charge is 0.229 e. The fraction of sp³-hybridized carbons (Fsp3) is 0.737. The van der Waals surface area contributed by atoms with Crippen LogP contribution < -0.4 is 5.32 Å². The summed E-state index contributed by atoms with van der Waals surface area (Å²) in [5, 5.41) is 6.74. The van der Waals surface area contributed by atoms with E-state index in [1.807, 2.05) is 6.92 Å². The molecule has 2 bridgehead atoms. The van der Waals surface area contributed by atoms with Crippen LogP contribution in [0.2, 0.25) is 0 Å². The normalized spacial score (nSPS) is 35.8. The molecule has 1 aromatic heterocycles. The average Bonchev–Trinajstić information content (AvgIpc) is 3.17. The van der Waals surface area contributed by atoms with Gasteiger partial charge in [-0.3, -0.25) is 9.59 Å². The summed E-state index contributed by atoms with van der Waals surface area (Å²) < 4.78 is 18.0. The first-order valence-electron chi connectivity index (χ1n) is 9.57. The number of piperidine rings is 1. The third kappa shape index (κ3) is 3.23. The molecule has 1 N–H and O–H groups in total. The van der Waals surface area contributed by atoms with E-state index in [-0.39, 0.29) is 30.3 Å². The number of rotatable bonds is 5. The van der Waals surface area contributed by atoms with E-state index >= 15 is 0 Å². The summed E-state index contributed by atoms with van der Waals surface area (Å²) >= 11 is 0. The van der Waals surface area contributed by atoms with Crippen LogP contribution in [0.3, 0.4) is 0 Å². The number of hydrogen-bond donors (Lipinski definition) is 1. The number of fused-ring (bicyclic) bond motifs is 2. The lowest BCUT2D eigenvalue weighted by atomic mass is 9.67. The Bertz CT molecular complexity index is 658. The zero-order valence-corrected chi connectivity index (χ0v) is 15.1. The van der Waals surface area contributed by atoms with E-state index in [0.717, 1.165) is 25.7 Å². The zero-order chi connectivity index (χ0) is 18.3. The Balaban J connectivity index is 1.29. The predicted octanol–water partition coefficient (Wildman–Crippen LogP) is 2.24. The van der Waals surface area contributed by atoms with Crippen molar-refractivity contribution in [1.29, 1.82) is 0 Å². The number of nitrogens with one attached hydrogen (secondary N) is 1. The van der Waals surface area contributed by atoms with E-state index in [0.29, 0.717) is 31.0 Å². The van der Waals surface area contributed by atoms with Crippen molar-refractivity contribution < 1.29 is 18.5 Å². The molecule has 2 amide bonds. The monoisotopic (exact) mass is 363 g/mol. The molecule has 1 aromatic rings. The summed E-state index contributed by atoms with van der Waals surface area (Å²) in [5.74, 6) is 0.481. The molecule has 1 saturated carbocycles. The van der Waals surface area contributed by atoms with Gasteiger partial charge in [0.2, 0.25) is 11.8 Å². The molecule has 2 saturated heterocycles. The first kappa shape index (κ1) is 17.5. The first-order chi connectivity index (χ1) is 12.4. The SMILES string of the molecule is CC1(C(=O)N2[C@@H]3CC[C@H]2CC(CNC(=O)Cc2ccon2)C3)CC(F)C1. The highest BCUT2D eigenvalue weighted by molar-refractivity contribution is 5.84. The Labute approximate surface area is 152 Å². The molecular weight excluding hydrogens is 337 g/mol. The molecule has 0 spiro atoms. The van der Waals surface area contributed by atoms with Crippen LogP contribution in [0.15, 0.2) is 16.9 Å². The maximum atomic E-state index is 13.3. The van der Waals surface area contributed by atoms with E-state index in [4.69, 9.17) is 4.52 Å². The van der Waals surface area contributed by atoms with Crippen LogP contribution in [0.4, 0.5) is 4.39 Å². The number of carbonyl (C=O) groups is 2. The average molecular weight is 363 g/mol. The highest BCUT2D eigenvalue weighted by Gasteiger charge is 2.53. The van der Waals surface area contributed by atoms with Crippen LogP contribution >= 0.6 is 0 Å². The summed E-state index contributed by atoms with van der Waals surface area (Å²) in [7, 11) is 0. The lowest BCUT2D eigenvalue weighted by Crippen LogP contribution is -2.56. The number of amides is 2. The van der Waals surface area contributed by atoms with Crippen LogP contribution in [0.25, 0.3) is 0 Å². The number of carbonyl (C=O) groups excluding carboxylic acids is 2. The Kier molecular flexibility index (Phi) is 4.49. The Morgan fingerprint density at radius 3 is 2.62 bits per heavy atom. The van der Waals surface area contributed by atoms with Crippen LogP contribution in [0.5, 0.6) is 0 Å². The fourth-order valence-corrected chi connectivity index (χ4v) is 5.01. The van der Waals surface area contributed by atoms with Crippen LogP contribution in [-0.4, -0.2) is 46.7 Å². The number of nitrogens with zero attached hydrogens (tertiary/aromatic N) is 2. The molecule has 0 aromatic carbocycles. The van der Waals surface area contributed by atoms with E-state index in [9.17, 15) is 14.0 Å². The summed E-state index contributed by atoms with van der Waals surface area (Å²) in [6.45, 7) is 2.54.